The maximum Gasteiger partial charge on any atom is 0.573 e. The normalized spacial score (nSPS) is 17.4. The van der Waals surface area contributed by atoms with Crippen molar-refractivity contribution in [3.63, 3.8) is 0 Å². The van der Waals surface area contributed by atoms with Crippen LogP contribution in [0.4, 0.5) is 17.6 Å². The molecule has 0 fully saturated rings. The largest absolute Gasteiger partial charge is 0.573 e. The molecule has 23 heavy (non-hydrogen) atoms. The van der Waals surface area contributed by atoms with Crippen LogP contribution >= 0.6 is 0 Å². The Balaban J connectivity index is 1.82. The van der Waals surface area contributed by atoms with Crippen LogP contribution in [0.2, 0.25) is 0 Å². The van der Waals surface area contributed by atoms with E-state index in [1.165, 1.54) is 24.3 Å². The Morgan fingerprint density at radius 1 is 1.09 bits per heavy atom. The predicted octanol–water partition coefficient (Wildman–Crippen LogP) is 4.43. The van der Waals surface area contributed by atoms with Crippen molar-refractivity contribution < 1.29 is 31.8 Å². The standard InChI is InChI=1S/C16H10F4O3/c17-10-3-6-12-13(21)8-14(22-15(12)7-10)9-1-4-11(5-2-9)23-16(18,19)20/h1-7,14H,8H2. The molecule has 0 N–H and O–H groups in total. The summed E-state index contributed by atoms with van der Waals surface area (Å²) in [5, 5.41) is 0. The molecule has 0 spiro atoms. The summed E-state index contributed by atoms with van der Waals surface area (Å²) in [6.07, 6.45) is -5.43. The molecule has 0 amide bonds. The van der Waals surface area contributed by atoms with Crippen molar-refractivity contribution in [2.24, 2.45) is 0 Å². The number of rotatable bonds is 2. The maximum absolute atomic E-state index is 13.2. The van der Waals surface area contributed by atoms with E-state index < -0.39 is 18.3 Å². The molecule has 0 saturated heterocycles. The van der Waals surface area contributed by atoms with Crippen molar-refractivity contribution in [1.29, 1.82) is 0 Å². The van der Waals surface area contributed by atoms with Crippen molar-refractivity contribution in [3.8, 4) is 11.5 Å². The topological polar surface area (TPSA) is 35.5 Å². The number of alkyl halides is 3. The van der Waals surface area contributed by atoms with Crippen LogP contribution in [0.25, 0.3) is 0 Å². The number of carbonyl (C=O) groups is 1. The second kappa shape index (κ2) is 5.57. The first kappa shape index (κ1) is 15.3. The minimum atomic E-state index is -4.77. The van der Waals surface area contributed by atoms with Gasteiger partial charge in [0.05, 0.1) is 12.0 Å². The summed E-state index contributed by atoms with van der Waals surface area (Å²) >= 11 is 0. The third kappa shape index (κ3) is 3.44. The fourth-order valence-electron chi connectivity index (χ4n) is 2.37. The Labute approximate surface area is 128 Å². The molecule has 0 bridgehead atoms. The Morgan fingerprint density at radius 2 is 1.78 bits per heavy atom. The quantitative estimate of drug-likeness (QED) is 0.766. The highest BCUT2D eigenvalue weighted by Crippen LogP contribution is 2.36. The fourth-order valence-corrected chi connectivity index (χ4v) is 2.37. The van der Waals surface area contributed by atoms with E-state index in [0.29, 0.717) is 11.1 Å². The van der Waals surface area contributed by atoms with E-state index in [4.69, 9.17) is 4.74 Å². The van der Waals surface area contributed by atoms with Crippen LogP contribution in [0.3, 0.4) is 0 Å². The van der Waals surface area contributed by atoms with E-state index in [9.17, 15) is 22.4 Å². The number of halogens is 4. The molecule has 1 heterocycles. The average molecular weight is 326 g/mol. The molecule has 1 unspecified atom stereocenters. The van der Waals surface area contributed by atoms with Crippen LogP contribution in [-0.2, 0) is 0 Å². The van der Waals surface area contributed by atoms with Gasteiger partial charge in [0.2, 0.25) is 0 Å². The SMILES string of the molecule is O=C1CC(c2ccc(OC(F)(F)F)cc2)Oc2cc(F)ccc21. The minimum Gasteiger partial charge on any atom is -0.484 e. The summed E-state index contributed by atoms with van der Waals surface area (Å²) in [5.41, 5.74) is 0.794. The molecule has 1 aliphatic heterocycles. The number of hydrogen-bond acceptors (Lipinski definition) is 3. The average Bonchev–Trinajstić information content (AvgIpc) is 2.45. The van der Waals surface area contributed by atoms with Crippen molar-refractivity contribution in [2.75, 3.05) is 0 Å². The number of ether oxygens (including phenoxy) is 2. The number of ketones is 1. The van der Waals surface area contributed by atoms with E-state index in [0.717, 1.165) is 18.2 Å². The number of hydrogen-bond donors (Lipinski definition) is 0. The molecule has 1 atom stereocenters. The lowest BCUT2D eigenvalue weighted by atomic mass is 9.96. The summed E-state index contributed by atoms with van der Waals surface area (Å²) in [4.78, 5) is 12.1. The Kier molecular flexibility index (Phi) is 3.71. The molecule has 0 radical (unpaired) electrons. The molecule has 3 nitrogen and oxygen atoms in total. The molecule has 2 aromatic rings. The van der Waals surface area contributed by atoms with Crippen LogP contribution < -0.4 is 9.47 Å². The van der Waals surface area contributed by atoms with Gasteiger partial charge in [0.1, 0.15) is 23.4 Å². The lowest BCUT2D eigenvalue weighted by Gasteiger charge is -2.25. The van der Waals surface area contributed by atoms with Crippen LogP contribution in [-0.4, -0.2) is 12.1 Å². The van der Waals surface area contributed by atoms with Gasteiger partial charge in [-0.3, -0.25) is 4.79 Å². The second-order valence-corrected chi connectivity index (χ2v) is 4.99. The van der Waals surface area contributed by atoms with Crippen LogP contribution in [0.15, 0.2) is 42.5 Å². The molecule has 0 saturated carbocycles. The highest BCUT2D eigenvalue weighted by atomic mass is 19.4. The molecular weight excluding hydrogens is 316 g/mol. The maximum atomic E-state index is 13.2. The third-order valence-corrected chi connectivity index (χ3v) is 3.37. The highest BCUT2D eigenvalue weighted by Gasteiger charge is 2.31. The van der Waals surface area contributed by atoms with Gasteiger partial charge in [0.25, 0.3) is 0 Å². The summed E-state index contributed by atoms with van der Waals surface area (Å²) in [7, 11) is 0. The van der Waals surface area contributed by atoms with Gasteiger partial charge in [-0.2, -0.15) is 0 Å². The number of fused-ring (bicyclic) bond motifs is 1. The van der Waals surface area contributed by atoms with Gasteiger partial charge in [0.15, 0.2) is 5.78 Å². The molecule has 1 aliphatic rings. The first-order valence-corrected chi connectivity index (χ1v) is 6.67. The predicted molar refractivity (Wildman–Crippen MR) is 71.8 cm³/mol. The minimum absolute atomic E-state index is 0.0259. The monoisotopic (exact) mass is 326 g/mol. The second-order valence-electron chi connectivity index (χ2n) is 4.99. The lowest BCUT2D eigenvalue weighted by molar-refractivity contribution is -0.274. The van der Waals surface area contributed by atoms with Crippen molar-refractivity contribution in [3.05, 3.63) is 59.4 Å². The van der Waals surface area contributed by atoms with Gasteiger partial charge in [-0.05, 0) is 29.8 Å². The number of benzene rings is 2. The van der Waals surface area contributed by atoms with E-state index in [2.05, 4.69) is 4.74 Å². The highest BCUT2D eigenvalue weighted by molar-refractivity contribution is 6.00. The van der Waals surface area contributed by atoms with Gasteiger partial charge in [-0.25, -0.2) is 4.39 Å². The molecule has 7 heteroatoms. The fraction of sp³-hybridized carbons (Fsp3) is 0.188. The summed E-state index contributed by atoms with van der Waals surface area (Å²) < 4.78 is 59.0. The summed E-state index contributed by atoms with van der Waals surface area (Å²) in [6, 6.07) is 8.66. The molecule has 3 rings (SSSR count). The lowest BCUT2D eigenvalue weighted by Crippen LogP contribution is -2.20. The number of Topliss-reactive ketones (excluding diaryl/α,β-unsaturated/α-hetero) is 1. The third-order valence-electron chi connectivity index (χ3n) is 3.37. The molecule has 0 aromatic heterocycles. The zero-order valence-corrected chi connectivity index (χ0v) is 11.6. The van der Waals surface area contributed by atoms with Gasteiger partial charge in [-0.1, -0.05) is 12.1 Å². The molecule has 0 aliphatic carbocycles. The Hall–Kier alpha value is -2.57. The Bertz CT molecular complexity index is 738. The van der Waals surface area contributed by atoms with Gasteiger partial charge in [0, 0.05) is 6.07 Å². The first-order valence-electron chi connectivity index (χ1n) is 6.67. The smallest absolute Gasteiger partial charge is 0.484 e. The van der Waals surface area contributed by atoms with Gasteiger partial charge >= 0.3 is 6.36 Å². The Morgan fingerprint density at radius 3 is 2.43 bits per heavy atom. The van der Waals surface area contributed by atoms with E-state index in [-0.39, 0.29) is 23.7 Å². The van der Waals surface area contributed by atoms with E-state index in [1.54, 1.807) is 0 Å². The van der Waals surface area contributed by atoms with Crippen molar-refractivity contribution >= 4 is 5.78 Å². The zero-order chi connectivity index (χ0) is 16.6. The summed E-state index contributed by atoms with van der Waals surface area (Å²) in [5.74, 6) is -0.991. The molecule has 120 valence electrons. The van der Waals surface area contributed by atoms with E-state index >= 15 is 0 Å². The van der Waals surface area contributed by atoms with Crippen LogP contribution in [0, 0.1) is 5.82 Å². The van der Waals surface area contributed by atoms with Gasteiger partial charge in [-0.15, -0.1) is 13.2 Å². The van der Waals surface area contributed by atoms with Crippen molar-refractivity contribution in [2.45, 2.75) is 18.9 Å². The zero-order valence-electron chi connectivity index (χ0n) is 11.6. The number of carbonyl (C=O) groups excluding carboxylic acids is 1. The van der Waals surface area contributed by atoms with Crippen LogP contribution in [0.1, 0.15) is 28.4 Å². The molecular formula is C16H10F4O3. The summed E-state index contributed by atoms with van der Waals surface area (Å²) in [6.45, 7) is 0. The first-order chi connectivity index (χ1) is 10.8. The van der Waals surface area contributed by atoms with Gasteiger partial charge < -0.3 is 9.47 Å². The van der Waals surface area contributed by atoms with Crippen molar-refractivity contribution in [1.82, 2.24) is 0 Å². The van der Waals surface area contributed by atoms with E-state index in [1.807, 2.05) is 0 Å². The molecule has 2 aromatic carbocycles. The van der Waals surface area contributed by atoms with Crippen LogP contribution in [0.5, 0.6) is 11.5 Å².